The molecule has 2 fully saturated rings. The van der Waals surface area contributed by atoms with E-state index in [0.29, 0.717) is 38.7 Å². The quantitative estimate of drug-likeness (QED) is 0.517. The number of ether oxygens (including phenoxy) is 2. The second-order valence-electron chi connectivity index (χ2n) is 8.03. The number of rotatable bonds is 7. The van der Waals surface area contributed by atoms with Crippen LogP contribution < -0.4 is 15.4 Å². The second-order valence-corrected chi connectivity index (χ2v) is 8.03. The van der Waals surface area contributed by atoms with E-state index in [-0.39, 0.29) is 12.0 Å². The molecule has 3 rings (SSSR count). The van der Waals surface area contributed by atoms with Crippen molar-refractivity contribution < 1.29 is 22.6 Å². The molecule has 0 saturated carbocycles. The van der Waals surface area contributed by atoms with Crippen LogP contribution in [0.1, 0.15) is 24.0 Å². The third-order valence-electron chi connectivity index (χ3n) is 5.41. The summed E-state index contributed by atoms with van der Waals surface area (Å²) in [5.74, 6) is 1.64. The zero-order valence-electron chi connectivity index (χ0n) is 17.6. The Kier molecular flexibility index (Phi) is 7.82. The third-order valence-corrected chi connectivity index (χ3v) is 5.41. The lowest BCUT2D eigenvalue weighted by molar-refractivity contribution is -0.143. The molecule has 0 radical (unpaired) electrons. The number of guanidine groups is 1. The van der Waals surface area contributed by atoms with E-state index in [1.165, 1.54) is 4.90 Å². The molecule has 2 saturated heterocycles. The van der Waals surface area contributed by atoms with Gasteiger partial charge in [0, 0.05) is 38.7 Å². The van der Waals surface area contributed by atoms with Crippen LogP contribution in [-0.4, -0.2) is 69.6 Å². The van der Waals surface area contributed by atoms with Crippen LogP contribution >= 0.6 is 0 Å². The largest absolute Gasteiger partial charge is 0.488 e. The first kappa shape index (κ1) is 22.7. The van der Waals surface area contributed by atoms with Crippen LogP contribution in [-0.2, 0) is 11.3 Å². The number of hydrogen-bond donors (Lipinski definition) is 2. The van der Waals surface area contributed by atoms with Crippen LogP contribution in [0, 0.1) is 12.8 Å². The average molecular weight is 428 g/mol. The number of aryl methyl sites for hydroxylation is 1. The van der Waals surface area contributed by atoms with Gasteiger partial charge in [0.15, 0.2) is 5.96 Å². The molecular weight excluding hydrogens is 397 g/mol. The Morgan fingerprint density at radius 3 is 2.83 bits per heavy atom. The van der Waals surface area contributed by atoms with Crippen LogP contribution in [0.15, 0.2) is 23.2 Å². The maximum Gasteiger partial charge on any atom is 0.401 e. The molecule has 2 aliphatic heterocycles. The van der Waals surface area contributed by atoms with Crippen LogP contribution in [0.2, 0.25) is 0 Å². The van der Waals surface area contributed by atoms with E-state index < -0.39 is 12.7 Å². The summed E-state index contributed by atoms with van der Waals surface area (Å²) < 4.78 is 49.2. The molecule has 2 unspecified atom stereocenters. The lowest BCUT2D eigenvalue weighted by atomic mass is 10.1. The lowest BCUT2D eigenvalue weighted by Crippen LogP contribution is -2.40. The molecule has 30 heavy (non-hydrogen) atoms. The summed E-state index contributed by atoms with van der Waals surface area (Å²) in [5, 5.41) is 6.52. The van der Waals surface area contributed by atoms with Gasteiger partial charge in [-0.25, -0.2) is 0 Å². The van der Waals surface area contributed by atoms with E-state index in [1.54, 1.807) is 7.05 Å². The Hall–Kier alpha value is -2.00. The second kappa shape index (κ2) is 10.3. The van der Waals surface area contributed by atoms with E-state index in [2.05, 4.69) is 15.6 Å². The van der Waals surface area contributed by atoms with Crippen molar-refractivity contribution >= 4 is 5.96 Å². The van der Waals surface area contributed by atoms with Crippen molar-refractivity contribution in [3.8, 4) is 5.75 Å². The molecule has 1 aromatic rings. The number of alkyl halides is 3. The van der Waals surface area contributed by atoms with Gasteiger partial charge in [-0.05, 0) is 37.4 Å². The summed E-state index contributed by atoms with van der Waals surface area (Å²) in [5.41, 5.74) is 2.15. The van der Waals surface area contributed by atoms with Gasteiger partial charge in [0.25, 0.3) is 0 Å². The Morgan fingerprint density at radius 2 is 2.13 bits per heavy atom. The van der Waals surface area contributed by atoms with Gasteiger partial charge in [-0.2, -0.15) is 13.2 Å². The first-order chi connectivity index (χ1) is 14.3. The zero-order chi connectivity index (χ0) is 21.6. The van der Waals surface area contributed by atoms with Gasteiger partial charge in [0.1, 0.15) is 11.9 Å². The molecule has 6 nitrogen and oxygen atoms in total. The minimum absolute atomic E-state index is 0.0741. The van der Waals surface area contributed by atoms with Crippen molar-refractivity contribution in [2.24, 2.45) is 10.9 Å². The highest BCUT2D eigenvalue weighted by atomic mass is 19.4. The number of nitrogens with one attached hydrogen (secondary N) is 2. The summed E-state index contributed by atoms with van der Waals surface area (Å²) in [4.78, 5) is 5.70. The molecule has 2 N–H and O–H groups in total. The van der Waals surface area contributed by atoms with Gasteiger partial charge in [-0.3, -0.25) is 9.89 Å². The van der Waals surface area contributed by atoms with Gasteiger partial charge in [-0.15, -0.1) is 0 Å². The monoisotopic (exact) mass is 428 g/mol. The van der Waals surface area contributed by atoms with Crippen molar-refractivity contribution in [1.82, 2.24) is 15.5 Å². The predicted octanol–water partition coefficient (Wildman–Crippen LogP) is 2.71. The minimum atomic E-state index is -4.14. The van der Waals surface area contributed by atoms with E-state index in [1.807, 2.05) is 25.1 Å². The summed E-state index contributed by atoms with van der Waals surface area (Å²) in [6.45, 7) is 4.57. The minimum Gasteiger partial charge on any atom is -0.488 e. The Morgan fingerprint density at radius 1 is 1.30 bits per heavy atom. The highest BCUT2D eigenvalue weighted by molar-refractivity contribution is 5.79. The van der Waals surface area contributed by atoms with E-state index in [9.17, 15) is 13.2 Å². The van der Waals surface area contributed by atoms with Gasteiger partial charge >= 0.3 is 6.18 Å². The summed E-state index contributed by atoms with van der Waals surface area (Å²) >= 11 is 0. The Labute approximate surface area is 175 Å². The number of aliphatic imine (C=N–C) groups is 1. The van der Waals surface area contributed by atoms with Crippen LogP contribution in [0.4, 0.5) is 13.2 Å². The SMILES string of the molecule is CN=C(NCc1ccc(C)cc1OC1CCOC1)NCC1CCN(CC(F)(F)F)C1. The van der Waals surface area contributed by atoms with Crippen molar-refractivity contribution in [1.29, 1.82) is 0 Å². The highest BCUT2D eigenvalue weighted by Crippen LogP contribution is 2.24. The zero-order valence-corrected chi connectivity index (χ0v) is 17.6. The van der Waals surface area contributed by atoms with Crippen LogP contribution in [0.25, 0.3) is 0 Å². The first-order valence-electron chi connectivity index (χ1n) is 10.4. The summed E-state index contributed by atoms with van der Waals surface area (Å²) in [6.07, 6.45) is -2.43. The highest BCUT2D eigenvalue weighted by Gasteiger charge is 2.34. The molecule has 0 bridgehead atoms. The molecule has 168 valence electrons. The molecule has 0 amide bonds. The molecule has 0 aliphatic carbocycles. The summed E-state index contributed by atoms with van der Waals surface area (Å²) in [6, 6.07) is 6.10. The van der Waals surface area contributed by atoms with Crippen molar-refractivity contribution in [3.05, 3.63) is 29.3 Å². The first-order valence-corrected chi connectivity index (χ1v) is 10.4. The molecule has 0 spiro atoms. The Balaban J connectivity index is 1.48. The van der Waals surface area contributed by atoms with Gasteiger partial charge < -0.3 is 20.1 Å². The van der Waals surface area contributed by atoms with Crippen molar-refractivity contribution in [2.45, 2.75) is 38.6 Å². The van der Waals surface area contributed by atoms with E-state index in [0.717, 1.165) is 36.3 Å². The maximum atomic E-state index is 12.5. The molecule has 1 aromatic carbocycles. The van der Waals surface area contributed by atoms with Crippen molar-refractivity contribution in [2.75, 3.05) is 46.4 Å². The van der Waals surface area contributed by atoms with Crippen molar-refractivity contribution in [3.63, 3.8) is 0 Å². The molecule has 2 heterocycles. The number of nitrogens with zero attached hydrogens (tertiary/aromatic N) is 2. The third kappa shape index (κ3) is 7.05. The summed E-state index contributed by atoms with van der Waals surface area (Å²) in [7, 11) is 1.68. The number of halogens is 3. The fourth-order valence-electron chi connectivity index (χ4n) is 3.82. The Bertz CT molecular complexity index is 721. The van der Waals surface area contributed by atoms with Crippen LogP contribution in [0.5, 0.6) is 5.75 Å². The molecule has 9 heteroatoms. The smallest absolute Gasteiger partial charge is 0.401 e. The number of hydrogen-bond acceptors (Lipinski definition) is 4. The molecule has 2 atom stereocenters. The number of benzene rings is 1. The van der Waals surface area contributed by atoms with Gasteiger partial charge in [-0.1, -0.05) is 12.1 Å². The fourth-order valence-corrected chi connectivity index (χ4v) is 3.82. The standard InChI is InChI=1S/C21H31F3N4O2/c1-15-3-4-17(19(9-15)30-18-6-8-29-13-18)11-27-20(25-2)26-10-16-5-7-28(12-16)14-21(22,23)24/h3-4,9,16,18H,5-8,10-14H2,1-2H3,(H2,25,26,27). The van der Waals surface area contributed by atoms with E-state index in [4.69, 9.17) is 9.47 Å². The predicted molar refractivity (Wildman–Crippen MR) is 110 cm³/mol. The van der Waals surface area contributed by atoms with Gasteiger partial charge in [0.05, 0.1) is 19.8 Å². The fraction of sp³-hybridized carbons (Fsp3) is 0.667. The van der Waals surface area contributed by atoms with Crippen LogP contribution in [0.3, 0.4) is 0 Å². The molecular formula is C21H31F3N4O2. The number of likely N-dealkylation sites (tertiary alicyclic amines) is 1. The maximum absolute atomic E-state index is 12.5. The topological polar surface area (TPSA) is 58.1 Å². The normalized spacial score (nSPS) is 23.0. The lowest BCUT2D eigenvalue weighted by Gasteiger charge is -2.19. The average Bonchev–Trinajstić information content (AvgIpc) is 3.34. The van der Waals surface area contributed by atoms with E-state index >= 15 is 0 Å². The molecule has 2 aliphatic rings. The van der Waals surface area contributed by atoms with Gasteiger partial charge in [0.2, 0.25) is 0 Å². The molecule has 0 aromatic heterocycles.